The molecule has 0 saturated carbocycles. The van der Waals surface area contributed by atoms with Crippen LogP contribution in [-0.4, -0.2) is 5.11 Å². The molecule has 0 radical (unpaired) electrons. The van der Waals surface area contributed by atoms with Crippen LogP contribution in [0.2, 0.25) is 0 Å². The highest BCUT2D eigenvalue weighted by Gasteiger charge is 2.11. The molecular formula is C11H6N2O2. The summed E-state index contributed by atoms with van der Waals surface area (Å²) in [6, 6.07) is 8.76. The Morgan fingerprint density at radius 2 is 2.07 bits per heavy atom. The second-order valence-electron chi connectivity index (χ2n) is 3.00. The van der Waals surface area contributed by atoms with Gasteiger partial charge in [0.2, 0.25) is 0 Å². The Bertz CT molecular complexity index is 599. The normalized spacial score (nSPS) is 9.80. The third-order valence-corrected chi connectivity index (χ3v) is 2.13. The lowest BCUT2D eigenvalue weighted by Gasteiger charge is -1.94. The molecule has 0 aliphatic carbocycles. The van der Waals surface area contributed by atoms with Gasteiger partial charge in [-0.1, -0.05) is 0 Å². The maximum absolute atomic E-state index is 8.91. The van der Waals surface area contributed by atoms with E-state index in [0.29, 0.717) is 11.3 Å². The van der Waals surface area contributed by atoms with Crippen LogP contribution in [0.3, 0.4) is 0 Å². The lowest BCUT2D eigenvalue weighted by molar-refractivity contribution is 0.251. The molecular weight excluding hydrogens is 192 g/mol. The third kappa shape index (κ3) is 1.34. The highest BCUT2D eigenvalue weighted by atomic mass is 16.4. The molecule has 0 unspecified atom stereocenters. The number of benzene rings is 1. The molecule has 0 atom stereocenters. The zero-order chi connectivity index (χ0) is 10.8. The molecule has 0 amide bonds. The quantitative estimate of drug-likeness (QED) is 0.755. The summed E-state index contributed by atoms with van der Waals surface area (Å²) in [7, 11) is 0. The number of aliphatic hydroxyl groups is 1. The van der Waals surface area contributed by atoms with Crippen molar-refractivity contribution in [1.29, 1.82) is 10.5 Å². The summed E-state index contributed by atoms with van der Waals surface area (Å²) in [5.41, 5.74) is 0.860. The van der Waals surface area contributed by atoms with E-state index in [1.807, 2.05) is 12.1 Å². The van der Waals surface area contributed by atoms with Crippen molar-refractivity contribution >= 4 is 11.0 Å². The number of furan rings is 1. The maximum atomic E-state index is 8.91. The van der Waals surface area contributed by atoms with Crippen LogP contribution >= 0.6 is 0 Å². The van der Waals surface area contributed by atoms with Gasteiger partial charge in [0.05, 0.1) is 5.56 Å². The summed E-state index contributed by atoms with van der Waals surface area (Å²) < 4.78 is 5.26. The highest BCUT2D eigenvalue weighted by molar-refractivity contribution is 5.85. The fraction of sp³-hybridized carbons (Fsp3) is 0.0909. The third-order valence-electron chi connectivity index (χ3n) is 2.13. The molecule has 0 aliphatic rings. The van der Waals surface area contributed by atoms with Gasteiger partial charge in [0.15, 0.2) is 5.58 Å². The number of hydrogen-bond donors (Lipinski definition) is 1. The van der Waals surface area contributed by atoms with E-state index in [4.69, 9.17) is 20.0 Å². The van der Waals surface area contributed by atoms with E-state index in [-0.39, 0.29) is 17.7 Å². The maximum Gasteiger partial charge on any atom is 0.153 e. The van der Waals surface area contributed by atoms with Gasteiger partial charge >= 0.3 is 0 Å². The fourth-order valence-corrected chi connectivity index (χ4v) is 1.44. The zero-order valence-corrected chi connectivity index (χ0v) is 7.69. The van der Waals surface area contributed by atoms with E-state index in [1.165, 1.54) is 0 Å². The summed E-state index contributed by atoms with van der Waals surface area (Å²) in [5.74, 6) is 0.386. The van der Waals surface area contributed by atoms with Gasteiger partial charge in [-0.05, 0) is 18.2 Å². The van der Waals surface area contributed by atoms with Crippen LogP contribution in [0, 0.1) is 22.7 Å². The average molecular weight is 198 g/mol. The average Bonchev–Trinajstić information content (AvgIpc) is 2.70. The number of nitriles is 2. The minimum Gasteiger partial charge on any atom is -0.457 e. The van der Waals surface area contributed by atoms with Gasteiger partial charge in [0, 0.05) is 5.39 Å². The molecule has 1 aromatic heterocycles. The molecule has 1 aromatic carbocycles. The first-order chi connectivity index (χ1) is 7.30. The summed E-state index contributed by atoms with van der Waals surface area (Å²) in [4.78, 5) is 0. The summed E-state index contributed by atoms with van der Waals surface area (Å²) in [6.45, 7) is -0.221. The van der Waals surface area contributed by atoms with Gasteiger partial charge in [-0.15, -0.1) is 0 Å². The molecule has 4 heteroatoms. The van der Waals surface area contributed by atoms with Gasteiger partial charge in [-0.2, -0.15) is 10.5 Å². The molecule has 0 spiro atoms. The van der Waals surface area contributed by atoms with Crippen molar-refractivity contribution in [2.75, 3.05) is 0 Å². The SMILES string of the molecule is N#Cc1ccc2cc(CO)oc2c1C#N. The van der Waals surface area contributed by atoms with Gasteiger partial charge < -0.3 is 9.52 Å². The fourth-order valence-electron chi connectivity index (χ4n) is 1.44. The first-order valence-electron chi connectivity index (χ1n) is 4.26. The van der Waals surface area contributed by atoms with E-state index in [0.717, 1.165) is 5.39 Å². The van der Waals surface area contributed by atoms with Crippen molar-refractivity contribution in [2.24, 2.45) is 0 Å². The second kappa shape index (κ2) is 3.45. The Morgan fingerprint density at radius 1 is 1.27 bits per heavy atom. The van der Waals surface area contributed by atoms with E-state index in [2.05, 4.69) is 0 Å². The molecule has 72 valence electrons. The van der Waals surface area contributed by atoms with Crippen LogP contribution in [-0.2, 0) is 6.61 Å². The molecule has 0 saturated heterocycles. The number of nitrogens with zero attached hydrogens (tertiary/aromatic N) is 2. The lowest BCUT2D eigenvalue weighted by Crippen LogP contribution is -1.83. The van der Waals surface area contributed by atoms with Crippen molar-refractivity contribution in [2.45, 2.75) is 6.61 Å². The van der Waals surface area contributed by atoms with Crippen LogP contribution in [0.25, 0.3) is 11.0 Å². The largest absolute Gasteiger partial charge is 0.457 e. The molecule has 1 heterocycles. The molecule has 0 aliphatic heterocycles. The summed E-state index contributed by atoms with van der Waals surface area (Å²) >= 11 is 0. The second-order valence-corrected chi connectivity index (χ2v) is 3.00. The molecule has 4 nitrogen and oxygen atoms in total. The van der Waals surface area contributed by atoms with Gasteiger partial charge in [-0.3, -0.25) is 0 Å². The summed E-state index contributed by atoms with van der Waals surface area (Å²) in [5, 5.41) is 27.3. The van der Waals surface area contributed by atoms with E-state index in [1.54, 1.807) is 18.2 Å². The predicted octanol–water partition coefficient (Wildman–Crippen LogP) is 1.67. The molecule has 15 heavy (non-hydrogen) atoms. The van der Waals surface area contributed by atoms with Crippen molar-refractivity contribution in [3.05, 3.63) is 35.1 Å². The predicted molar refractivity (Wildman–Crippen MR) is 51.6 cm³/mol. The Hall–Kier alpha value is -2.30. The van der Waals surface area contributed by atoms with Crippen molar-refractivity contribution < 1.29 is 9.52 Å². The number of fused-ring (bicyclic) bond motifs is 1. The minimum atomic E-state index is -0.221. The number of aliphatic hydroxyl groups excluding tert-OH is 1. The Balaban J connectivity index is 2.83. The van der Waals surface area contributed by atoms with E-state index >= 15 is 0 Å². The molecule has 1 N–H and O–H groups in total. The van der Waals surface area contributed by atoms with E-state index in [9.17, 15) is 0 Å². The molecule has 2 rings (SSSR count). The smallest absolute Gasteiger partial charge is 0.153 e. The van der Waals surface area contributed by atoms with Crippen LogP contribution in [0.4, 0.5) is 0 Å². The molecule has 0 bridgehead atoms. The van der Waals surface area contributed by atoms with Crippen LogP contribution in [0.5, 0.6) is 0 Å². The monoisotopic (exact) mass is 198 g/mol. The van der Waals surface area contributed by atoms with Crippen LogP contribution in [0.15, 0.2) is 22.6 Å². The topological polar surface area (TPSA) is 80.9 Å². The van der Waals surface area contributed by atoms with Crippen molar-refractivity contribution in [1.82, 2.24) is 0 Å². The van der Waals surface area contributed by atoms with Gasteiger partial charge in [0.25, 0.3) is 0 Å². The Morgan fingerprint density at radius 3 is 2.67 bits per heavy atom. The molecule has 2 aromatic rings. The van der Waals surface area contributed by atoms with E-state index < -0.39 is 0 Å². The van der Waals surface area contributed by atoms with Crippen molar-refractivity contribution in [3.8, 4) is 12.1 Å². The first kappa shape index (κ1) is 9.26. The van der Waals surface area contributed by atoms with Crippen molar-refractivity contribution in [3.63, 3.8) is 0 Å². The zero-order valence-electron chi connectivity index (χ0n) is 7.69. The van der Waals surface area contributed by atoms with Crippen LogP contribution in [0.1, 0.15) is 16.9 Å². The lowest BCUT2D eigenvalue weighted by atomic mass is 10.1. The standard InChI is InChI=1S/C11H6N2O2/c12-4-8-2-1-7-3-9(6-14)15-11(7)10(8)5-13/h1-3,14H,6H2. The Labute approximate surface area is 85.6 Å². The minimum absolute atomic E-state index is 0.217. The summed E-state index contributed by atoms with van der Waals surface area (Å²) in [6.07, 6.45) is 0. The van der Waals surface area contributed by atoms with Gasteiger partial charge in [0.1, 0.15) is 30.1 Å². The first-order valence-corrected chi connectivity index (χ1v) is 4.26. The van der Waals surface area contributed by atoms with Gasteiger partial charge in [-0.25, -0.2) is 0 Å². The van der Waals surface area contributed by atoms with Crippen LogP contribution < -0.4 is 0 Å². The highest BCUT2D eigenvalue weighted by Crippen LogP contribution is 2.25. The molecule has 0 fully saturated rings. The number of hydrogen-bond acceptors (Lipinski definition) is 4. The Kier molecular flexibility index (Phi) is 2.13. The number of rotatable bonds is 1.